The average molecular weight is 409 g/mol. The van der Waals surface area contributed by atoms with E-state index in [0.29, 0.717) is 22.8 Å². The summed E-state index contributed by atoms with van der Waals surface area (Å²) < 4.78 is 26.2. The lowest BCUT2D eigenvalue weighted by Gasteiger charge is -2.30. The molecule has 0 radical (unpaired) electrons. The fraction of sp³-hybridized carbons (Fsp3) is 0.350. The molecule has 0 spiro atoms. The number of benzene rings is 2. The summed E-state index contributed by atoms with van der Waals surface area (Å²) >= 11 is 6.18. The van der Waals surface area contributed by atoms with E-state index in [0.717, 1.165) is 27.3 Å². The van der Waals surface area contributed by atoms with Crippen LogP contribution in [0.2, 0.25) is 5.02 Å². The number of sulfonamides is 1. The molecule has 0 aliphatic rings. The molecule has 2 aromatic rings. The minimum Gasteiger partial charge on any atom is -0.324 e. The van der Waals surface area contributed by atoms with Gasteiger partial charge in [-0.05, 0) is 56.0 Å². The van der Waals surface area contributed by atoms with Crippen molar-refractivity contribution in [3.8, 4) is 0 Å². The Labute approximate surface area is 166 Å². The number of amides is 1. The minimum atomic E-state index is -3.70. The minimum absolute atomic E-state index is 0.315. The Morgan fingerprint density at radius 1 is 1.11 bits per heavy atom. The van der Waals surface area contributed by atoms with E-state index in [1.54, 1.807) is 25.1 Å². The van der Waals surface area contributed by atoms with E-state index in [-0.39, 0.29) is 5.91 Å². The van der Waals surface area contributed by atoms with Crippen molar-refractivity contribution >= 4 is 38.9 Å². The second-order valence-electron chi connectivity index (χ2n) is 6.67. The molecule has 146 valence electrons. The van der Waals surface area contributed by atoms with Gasteiger partial charge in [-0.25, -0.2) is 8.42 Å². The van der Waals surface area contributed by atoms with Crippen LogP contribution in [0.15, 0.2) is 36.4 Å². The maximum absolute atomic E-state index is 13.0. The van der Waals surface area contributed by atoms with Crippen molar-refractivity contribution in [1.82, 2.24) is 0 Å². The van der Waals surface area contributed by atoms with Gasteiger partial charge < -0.3 is 5.32 Å². The Morgan fingerprint density at radius 2 is 1.70 bits per heavy atom. The number of carbonyl (C=O) groups excluding carboxylic acids is 1. The molecule has 0 fully saturated rings. The van der Waals surface area contributed by atoms with E-state index in [4.69, 9.17) is 11.6 Å². The second kappa shape index (κ2) is 8.31. The SMILES string of the molecule is CC[C@H](C(=O)Nc1c(C)cccc1C)N(c1ccc(C)c(Cl)c1)S(C)(=O)=O. The Bertz CT molecular complexity index is 937. The van der Waals surface area contributed by atoms with Crippen LogP contribution in [0.4, 0.5) is 11.4 Å². The van der Waals surface area contributed by atoms with Gasteiger partial charge >= 0.3 is 0 Å². The molecule has 0 saturated carbocycles. The first-order chi connectivity index (χ1) is 12.6. The molecule has 0 aliphatic heterocycles. The molecule has 1 amide bonds. The summed E-state index contributed by atoms with van der Waals surface area (Å²) in [5.41, 5.74) is 3.75. The largest absolute Gasteiger partial charge is 0.324 e. The number of para-hydroxylation sites is 1. The fourth-order valence-corrected chi connectivity index (χ4v) is 4.38. The van der Waals surface area contributed by atoms with E-state index < -0.39 is 16.1 Å². The van der Waals surface area contributed by atoms with E-state index in [1.807, 2.05) is 39.0 Å². The van der Waals surface area contributed by atoms with Crippen LogP contribution >= 0.6 is 11.6 Å². The third kappa shape index (κ3) is 4.82. The molecule has 2 aromatic carbocycles. The van der Waals surface area contributed by atoms with Crippen molar-refractivity contribution in [1.29, 1.82) is 0 Å². The normalized spacial score (nSPS) is 12.5. The number of halogens is 1. The highest BCUT2D eigenvalue weighted by atomic mass is 35.5. The number of anilines is 2. The number of aryl methyl sites for hydroxylation is 3. The second-order valence-corrected chi connectivity index (χ2v) is 8.94. The van der Waals surface area contributed by atoms with Crippen LogP contribution in [-0.4, -0.2) is 26.6 Å². The van der Waals surface area contributed by atoms with Gasteiger partial charge in [0.15, 0.2) is 0 Å². The molecule has 0 unspecified atom stereocenters. The summed E-state index contributed by atoms with van der Waals surface area (Å²) in [5, 5.41) is 3.35. The average Bonchev–Trinajstić information content (AvgIpc) is 2.57. The van der Waals surface area contributed by atoms with E-state index in [1.165, 1.54) is 0 Å². The molecule has 1 atom stereocenters. The molecule has 0 bridgehead atoms. The molecule has 2 rings (SSSR count). The van der Waals surface area contributed by atoms with E-state index in [2.05, 4.69) is 5.32 Å². The van der Waals surface area contributed by atoms with Gasteiger partial charge in [0.05, 0.1) is 11.9 Å². The number of hydrogen-bond acceptors (Lipinski definition) is 3. The first kappa shape index (κ1) is 21.3. The monoisotopic (exact) mass is 408 g/mol. The van der Waals surface area contributed by atoms with Crippen LogP contribution in [0.1, 0.15) is 30.0 Å². The summed E-state index contributed by atoms with van der Waals surface area (Å²) in [5.74, 6) is -0.378. The summed E-state index contributed by atoms with van der Waals surface area (Å²) in [6, 6.07) is 9.80. The van der Waals surface area contributed by atoms with Crippen LogP contribution in [0.25, 0.3) is 0 Å². The van der Waals surface area contributed by atoms with Crippen molar-refractivity contribution in [2.45, 2.75) is 40.2 Å². The first-order valence-corrected chi connectivity index (χ1v) is 10.9. The standard InChI is InChI=1S/C20H25ClN2O3S/c1-6-18(20(24)22-19-14(3)8-7-9-15(19)4)23(27(5,25)26)16-11-10-13(2)17(21)12-16/h7-12,18H,6H2,1-5H3,(H,22,24)/t18-/m1/s1. The van der Waals surface area contributed by atoms with Gasteiger partial charge in [0, 0.05) is 10.7 Å². The third-order valence-corrected chi connectivity index (χ3v) is 6.06. The molecule has 7 heteroatoms. The number of rotatable bonds is 6. The number of hydrogen-bond donors (Lipinski definition) is 1. The highest BCUT2D eigenvalue weighted by Gasteiger charge is 2.32. The molecule has 0 heterocycles. The Hall–Kier alpha value is -2.05. The van der Waals surface area contributed by atoms with Crippen LogP contribution in [-0.2, 0) is 14.8 Å². The first-order valence-electron chi connectivity index (χ1n) is 8.69. The van der Waals surface area contributed by atoms with Crippen LogP contribution < -0.4 is 9.62 Å². The molecule has 27 heavy (non-hydrogen) atoms. The summed E-state index contributed by atoms with van der Waals surface area (Å²) in [7, 11) is -3.70. The molecular formula is C20H25ClN2O3S. The van der Waals surface area contributed by atoms with Crippen molar-refractivity contribution in [3.05, 3.63) is 58.1 Å². The van der Waals surface area contributed by atoms with Gasteiger partial charge in [0.2, 0.25) is 15.9 Å². The molecule has 1 N–H and O–H groups in total. The maximum Gasteiger partial charge on any atom is 0.248 e. The Morgan fingerprint density at radius 3 is 2.19 bits per heavy atom. The predicted molar refractivity (Wildman–Crippen MR) is 112 cm³/mol. The Balaban J connectivity index is 2.46. The highest BCUT2D eigenvalue weighted by Crippen LogP contribution is 2.28. The third-order valence-electron chi connectivity index (χ3n) is 4.47. The molecule has 0 aromatic heterocycles. The van der Waals surface area contributed by atoms with Gasteiger partial charge in [0.25, 0.3) is 0 Å². The van der Waals surface area contributed by atoms with Gasteiger partial charge in [-0.3, -0.25) is 9.10 Å². The van der Waals surface area contributed by atoms with E-state index in [9.17, 15) is 13.2 Å². The molecule has 5 nitrogen and oxygen atoms in total. The maximum atomic E-state index is 13.0. The lowest BCUT2D eigenvalue weighted by atomic mass is 10.1. The van der Waals surface area contributed by atoms with Gasteiger partial charge in [-0.2, -0.15) is 0 Å². The number of nitrogens with one attached hydrogen (secondary N) is 1. The predicted octanol–water partition coefficient (Wildman–Crippen LogP) is 4.45. The quantitative estimate of drug-likeness (QED) is 0.767. The van der Waals surface area contributed by atoms with E-state index >= 15 is 0 Å². The van der Waals surface area contributed by atoms with Crippen molar-refractivity contribution in [2.75, 3.05) is 15.9 Å². The van der Waals surface area contributed by atoms with Crippen molar-refractivity contribution < 1.29 is 13.2 Å². The number of carbonyl (C=O) groups is 1. The topological polar surface area (TPSA) is 66.5 Å². The zero-order valence-corrected chi connectivity index (χ0v) is 17.8. The van der Waals surface area contributed by atoms with Crippen LogP contribution in [0.3, 0.4) is 0 Å². The zero-order chi connectivity index (χ0) is 20.4. The smallest absolute Gasteiger partial charge is 0.248 e. The summed E-state index contributed by atoms with van der Waals surface area (Å²) in [4.78, 5) is 13.0. The van der Waals surface area contributed by atoms with Crippen molar-refractivity contribution in [2.24, 2.45) is 0 Å². The van der Waals surface area contributed by atoms with Gasteiger partial charge in [0.1, 0.15) is 6.04 Å². The Kier molecular flexibility index (Phi) is 6.54. The zero-order valence-electron chi connectivity index (χ0n) is 16.2. The number of nitrogens with zero attached hydrogens (tertiary/aromatic N) is 1. The summed E-state index contributed by atoms with van der Waals surface area (Å²) in [6.45, 7) is 7.42. The van der Waals surface area contributed by atoms with Gasteiger partial charge in [-0.15, -0.1) is 0 Å². The lowest BCUT2D eigenvalue weighted by Crippen LogP contribution is -2.47. The van der Waals surface area contributed by atoms with Gasteiger partial charge in [-0.1, -0.05) is 42.8 Å². The highest BCUT2D eigenvalue weighted by molar-refractivity contribution is 7.92. The molecule has 0 saturated heterocycles. The van der Waals surface area contributed by atoms with Crippen LogP contribution in [0.5, 0.6) is 0 Å². The van der Waals surface area contributed by atoms with Crippen molar-refractivity contribution in [3.63, 3.8) is 0 Å². The molecular weight excluding hydrogens is 384 g/mol. The van der Waals surface area contributed by atoms with Crippen LogP contribution in [0, 0.1) is 20.8 Å². The summed E-state index contributed by atoms with van der Waals surface area (Å²) in [6.07, 6.45) is 1.41. The fourth-order valence-electron chi connectivity index (χ4n) is 3.00. The molecule has 0 aliphatic carbocycles. The lowest BCUT2D eigenvalue weighted by molar-refractivity contribution is -0.117.